The average molecular weight is 293 g/mol. The molecule has 1 aliphatic carbocycles. The Bertz CT molecular complexity index is 566. The summed E-state index contributed by atoms with van der Waals surface area (Å²) in [6.45, 7) is 1.92. The molecule has 0 spiro atoms. The number of halogens is 1. The van der Waals surface area contributed by atoms with E-state index in [0.29, 0.717) is 0 Å². The van der Waals surface area contributed by atoms with Crippen LogP contribution in [0.3, 0.4) is 0 Å². The van der Waals surface area contributed by atoms with Gasteiger partial charge in [0, 0.05) is 5.41 Å². The van der Waals surface area contributed by atoms with Gasteiger partial charge in [0.05, 0.1) is 11.3 Å². The zero-order valence-corrected chi connectivity index (χ0v) is 12.0. The van der Waals surface area contributed by atoms with Crippen LogP contribution in [0.25, 0.3) is 0 Å². The van der Waals surface area contributed by atoms with Crippen molar-refractivity contribution in [1.82, 2.24) is 0 Å². The van der Waals surface area contributed by atoms with E-state index in [1.54, 1.807) is 6.07 Å². The minimum absolute atomic E-state index is 0.0900. The molecule has 0 radical (unpaired) electrons. The highest BCUT2D eigenvalue weighted by molar-refractivity contribution is 6.06. The van der Waals surface area contributed by atoms with E-state index >= 15 is 0 Å². The van der Waals surface area contributed by atoms with Gasteiger partial charge in [-0.3, -0.25) is 4.79 Å². The van der Waals surface area contributed by atoms with Gasteiger partial charge >= 0.3 is 0 Å². The summed E-state index contributed by atoms with van der Waals surface area (Å²) in [6, 6.07) is 4.22. The number of amides is 1. The van der Waals surface area contributed by atoms with E-state index in [1.165, 1.54) is 12.1 Å². The van der Waals surface area contributed by atoms with Gasteiger partial charge in [0.15, 0.2) is 5.84 Å². The van der Waals surface area contributed by atoms with Crippen molar-refractivity contribution in [3.63, 3.8) is 0 Å². The average Bonchev–Trinajstić information content (AvgIpc) is 2.47. The number of carbonyl (C=O) groups is 1. The Morgan fingerprint density at radius 3 is 2.67 bits per heavy atom. The number of nitrogens with one attached hydrogen (secondary N) is 1. The summed E-state index contributed by atoms with van der Waals surface area (Å²) in [5.74, 6) is -1.16. The standard InChI is InChI=1S/C15H20FN3O2/c1-15(8-3-2-4-9-15)14(20)18-11-7-5-6-10(16)12(11)13(17)19-21/h5-7,21H,2-4,8-9H2,1H3,(H2,17,19)(H,18,20). The van der Waals surface area contributed by atoms with Crippen LogP contribution in [-0.2, 0) is 4.79 Å². The van der Waals surface area contributed by atoms with Crippen molar-refractivity contribution in [2.75, 3.05) is 5.32 Å². The van der Waals surface area contributed by atoms with E-state index in [4.69, 9.17) is 10.9 Å². The van der Waals surface area contributed by atoms with Gasteiger partial charge < -0.3 is 16.3 Å². The lowest BCUT2D eigenvalue weighted by molar-refractivity contribution is -0.126. The molecule has 0 saturated heterocycles. The van der Waals surface area contributed by atoms with Gasteiger partial charge in [-0.05, 0) is 25.0 Å². The Morgan fingerprint density at radius 1 is 1.38 bits per heavy atom. The van der Waals surface area contributed by atoms with Crippen molar-refractivity contribution in [3.05, 3.63) is 29.6 Å². The molecule has 1 aliphatic rings. The third kappa shape index (κ3) is 3.15. The van der Waals surface area contributed by atoms with Gasteiger partial charge in [0.25, 0.3) is 0 Å². The fourth-order valence-electron chi connectivity index (χ4n) is 2.77. The monoisotopic (exact) mass is 293 g/mol. The maximum Gasteiger partial charge on any atom is 0.230 e. The first-order chi connectivity index (χ1) is 9.98. The number of rotatable bonds is 3. The Balaban J connectivity index is 2.27. The van der Waals surface area contributed by atoms with E-state index in [1.807, 2.05) is 6.92 Å². The van der Waals surface area contributed by atoms with Gasteiger partial charge in [-0.1, -0.05) is 37.4 Å². The largest absolute Gasteiger partial charge is 0.409 e. The van der Waals surface area contributed by atoms with Gasteiger partial charge in [0.2, 0.25) is 5.91 Å². The highest BCUT2D eigenvalue weighted by Gasteiger charge is 2.35. The quantitative estimate of drug-likeness (QED) is 0.346. The van der Waals surface area contributed by atoms with Gasteiger partial charge in [-0.15, -0.1) is 0 Å². The highest BCUT2D eigenvalue weighted by atomic mass is 19.1. The molecule has 4 N–H and O–H groups in total. The van der Waals surface area contributed by atoms with E-state index in [-0.39, 0.29) is 23.0 Å². The lowest BCUT2D eigenvalue weighted by Gasteiger charge is -2.32. The summed E-state index contributed by atoms with van der Waals surface area (Å²) in [6.07, 6.45) is 4.79. The summed E-state index contributed by atoms with van der Waals surface area (Å²) < 4.78 is 13.9. The molecule has 1 amide bonds. The molecule has 1 fully saturated rings. The third-order valence-corrected chi connectivity index (χ3v) is 4.13. The number of nitrogens with zero attached hydrogens (tertiary/aromatic N) is 1. The Morgan fingerprint density at radius 2 is 2.05 bits per heavy atom. The molecule has 5 nitrogen and oxygen atoms in total. The molecule has 114 valence electrons. The number of nitrogens with two attached hydrogens (primary N) is 1. The second-order valence-corrected chi connectivity index (χ2v) is 5.72. The summed E-state index contributed by atoms with van der Waals surface area (Å²) >= 11 is 0. The molecule has 0 atom stereocenters. The van der Waals surface area contributed by atoms with Crippen molar-refractivity contribution < 1.29 is 14.4 Å². The zero-order valence-electron chi connectivity index (χ0n) is 12.0. The molecule has 2 rings (SSSR count). The topological polar surface area (TPSA) is 87.7 Å². The van der Waals surface area contributed by atoms with Gasteiger partial charge in [-0.2, -0.15) is 0 Å². The first-order valence-corrected chi connectivity index (χ1v) is 7.06. The molecule has 21 heavy (non-hydrogen) atoms. The SMILES string of the molecule is CC1(C(=O)Nc2cccc(F)c2/C(N)=N/O)CCCCC1. The summed E-state index contributed by atoms with van der Waals surface area (Å²) in [4.78, 5) is 12.5. The van der Waals surface area contributed by atoms with Gasteiger partial charge in [-0.25, -0.2) is 4.39 Å². The molecule has 0 aliphatic heterocycles. The molecule has 1 aromatic rings. The second-order valence-electron chi connectivity index (χ2n) is 5.72. The van der Waals surface area contributed by atoms with E-state index in [9.17, 15) is 9.18 Å². The molecule has 0 aromatic heterocycles. The zero-order chi connectivity index (χ0) is 15.5. The number of hydrogen-bond acceptors (Lipinski definition) is 3. The van der Waals surface area contributed by atoms with E-state index < -0.39 is 11.2 Å². The van der Waals surface area contributed by atoms with Crippen molar-refractivity contribution in [2.24, 2.45) is 16.3 Å². The lowest BCUT2D eigenvalue weighted by atomic mass is 9.75. The van der Waals surface area contributed by atoms with Crippen LogP contribution in [0.4, 0.5) is 10.1 Å². The number of carbonyl (C=O) groups excluding carboxylic acids is 1. The van der Waals surface area contributed by atoms with Crippen LogP contribution in [0.2, 0.25) is 0 Å². The van der Waals surface area contributed by atoms with Crippen molar-refractivity contribution in [3.8, 4) is 0 Å². The van der Waals surface area contributed by atoms with Crippen LogP contribution < -0.4 is 11.1 Å². The number of hydrogen-bond donors (Lipinski definition) is 3. The van der Waals surface area contributed by atoms with E-state index in [2.05, 4.69) is 10.5 Å². The molecule has 0 unspecified atom stereocenters. The van der Waals surface area contributed by atoms with Crippen LogP contribution >= 0.6 is 0 Å². The maximum absolute atomic E-state index is 13.9. The number of oxime groups is 1. The van der Waals surface area contributed by atoms with Gasteiger partial charge in [0.1, 0.15) is 5.82 Å². The fraction of sp³-hybridized carbons (Fsp3) is 0.467. The molecular formula is C15H20FN3O2. The normalized spacial score (nSPS) is 18.3. The van der Waals surface area contributed by atoms with Crippen LogP contribution in [-0.4, -0.2) is 17.0 Å². The Labute approximate surface area is 123 Å². The Hall–Kier alpha value is -2.11. The maximum atomic E-state index is 13.9. The van der Waals surface area contributed by atoms with Crippen molar-refractivity contribution >= 4 is 17.4 Å². The predicted octanol–water partition coefficient (Wildman–Crippen LogP) is 2.83. The minimum Gasteiger partial charge on any atom is -0.409 e. The van der Waals surface area contributed by atoms with Crippen LogP contribution in [0.5, 0.6) is 0 Å². The number of benzene rings is 1. The lowest BCUT2D eigenvalue weighted by Crippen LogP contribution is -2.36. The summed E-state index contributed by atoms with van der Waals surface area (Å²) in [5, 5.41) is 14.3. The number of amidine groups is 1. The van der Waals surface area contributed by atoms with Crippen LogP contribution in [0, 0.1) is 11.2 Å². The minimum atomic E-state index is -0.642. The molecule has 0 heterocycles. The molecule has 0 bridgehead atoms. The first-order valence-electron chi connectivity index (χ1n) is 7.06. The van der Waals surface area contributed by atoms with E-state index in [0.717, 1.165) is 32.1 Å². The van der Waals surface area contributed by atoms with Crippen LogP contribution in [0.1, 0.15) is 44.6 Å². The van der Waals surface area contributed by atoms with Crippen molar-refractivity contribution in [2.45, 2.75) is 39.0 Å². The number of anilines is 1. The molecule has 6 heteroatoms. The molecule has 1 aromatic carbocycles. The molecular weight excluding hydrogens is 273 g/mol. The van der Waals surface area contributed by atoms with Crippen LogP contribution in [0.15, 0.2) is 23.4 Å². The Kier molecular flexibility index (Phi) is 4.45. The fourth-order valence-corrected chi connectivity index (χ4v) is 2.77. The molecule has 1 saturated carbocycles. The smallest absolute Gasteiger partial charge is 0.230 e. The van der Waals surface area contributed by atoms with Crippen molar-refractivity contribution in [1.29, 1.82) is 0 Å². The predicted molar refractivity (Wildman–Crippen MR) is 78.7 cm³/mol. The second kappa shape index (κ2) is 6.11. The summed E-state index contributed by atoms with van der Waals surface area (Å²) in [5.41, 5.74) is 5.17. The highest BCUT2D eigenvalue weighted by Crippen LogP contribution is 2.37. The summed E-state index contributed by atoms with van der Waals surface area (Å²) in [7, 11) is 0. The third-order valence-electron chi connectivity index (χ3n) is 4.13. The first kappa shape index (κ1) is 15.3.